The molecule has 0 saturated heterocycles. The molecule has 0 heterocycles. The molecular formula is C15H21NO2. The first-order valence-electron chi connectivity index (χ1n) is 6.73. The molecule has 2 aliphatic rings. The van der Waals surface area contributed by atoms with Crippen molar-refractivity contribution in [2.45, 2.75) is 25.3 Å². The fraction of sp³-hybridized carbons (Fsp3) is 0.600. The minimum atomic E-state index is 0.112. The van der Waals surface area contributed by atoms with Crippen molar-refractivity contribution in [3.8, 4) is 11.5 Å². The van der Waals surface area contributed by atoms with Gasteiger partial charge in [-0.1, -0.05) is 12.5 Å². The predicted molar refractivity (Wildman–Crippen MR) is 70.8 cm³/mol. The topological polar surface area (TPSA) is 44.5 Å². The molecular weight excluding hydrogens is 226 g/mol. The second-order valence-corrected chi connectivity index (χ2v) is 5.47. The van der Waals surface area contributed by atoms with Crippen LogP contribution in [0.25, 0.3) is 0 Å². The van der Waals surface area contributed by atoms with Crippen LogP contribution in [0.4, 0.5) is 0 Å². The van der Waals surface area contributed by atoms with Crippen LogP contribution in [0.1, 0.15) is 30.9 Å². The van der Waals surface area contributed by atoms with Gasteiger partial charge in [0.25, 0.3) is 0 Å². The van der Waals surface area contributed by atoms with Crippen molar-refractivity contribution in [1.29, 1.82) is 0 Å². The summed E-state index contributed by atoms with van der Waals surface area (Å²) < 4.78 is 10.7. The summed E-state index contributed by atoms with van der Waals surface area (Å²) in [7, 11) is 3.36. The summed E-state index contributed by atoms with van der Waals surface area (Å²) in [6, 6.07) is 6.06. The number of ether oxygens (including phenoxy) is 2. The Hall–Kier alpha value is -1.22. The van der Waals surface area contributed by atoms with Crippen molar-refractivity contribution in [3.05, 3.63) is 23.8 Å². The van der Waals surface area contributed by atoms with E-state index in [4.69, 9.17) is 15.2 Å². The van der Waals surface area contributed by atoms with E-state index in [1.165, 1.54) is 19.3 Å². The minimum Gasteiger partial charge on any atom is -0.497 e. The van der Waals surface area contributed by atoms with Crippen molar-refractivity contribution in [2.75, 3.05) is 14.2 Å². The first-order chi connectivity index (χ1) is 8.76. The molecule has 3 rings (SSSR count). The molecule has 3 atom stereocenters. The largest absolute Gasteiger partial charge is 0.497 e. The van der Waals surface area contributed by atoms with Crippen molar-refractivity contribution < 1.29 is 9.47 Å². The quantitative estimate of drug-likeness (QED) is 0.889. The van der Waals surface area contributed by atoms with Crippen molar-refractivity contribution >= 4 is 0 Å². The molecule has 2 aliphatic carbocycles. The molecule has 18 heavy (non-hydrogen) atoms. The van der Waals surface area contributed by atoms with Gasteiger partial charge in [-0.15, -0.1) is 0 Å². The summed E-state index contributed by atoms with van der Waals surface area (Å²) in [4.78, 5) is 0. The molecule has 1 aromatic rings. The van der Waals surface area contributed by atoms with Gasteiger partial charge >= 0.3 is 0 Å². The van der Waals surface area contributed by atoms with E-state index in [0.29, 0.717) is 5.92 Å². The first-order valence-corrected chi connectivity index (χ1v) is 6.73. The molecule has 3 unspecified atom stereocenters. The van der Waals surface area contributed by atoms with Crippen LogP contribution in [-0.4, -0.2) is 14.2 Å². The number of fused-ring (bicyclic) bond motifs is 1. The van der Waals surface area contributed by atoms with Gasteiger partial charge in [0, 0.05) is 17.7 Å². The van der Waals surface area contributed by atoms with E-state index in [9.17, 15) is 0 Å². The lowest BCUT2D eigenvalue weighted by atomic mass is 9.97. The third kappa shape index (κ3) is 1.77. The molecule has 98 valence electrons. The lowest BCUT2D eigenvalue weighted by Crippen LogP contribution is -2.16. The number of benzene rings is 1. The van der Waals surface area contributed by atoms with E-state index in [1.807, 2.05) is 12.1 Å². The van der Waals surface area contributed by atoms with E-state index in [0.717, 1.165) is 28.9 Å². The average Bonchev–Trinajstić information content (AvgIpc) is 2.89. The third-order valence-electron chi connectivity index (χ3n) is 4.69. The SMILES string of the molecule is COc1ccc(C(N)C2C3CCCC32)c(OC)c1. The maximum atomic E-state index is 6.44. The Kier molecular flexibility index (Phi) is 2.94. The van der Waals surface area contributed by atoms with Crippen LogP contribution in [0.15, 0.2) is 18.2 Å². The monoisotopic (exact) mass is 247 g/mol. The highest BCUT2D eigenvalue weighted by molar-refractivity contribution is 5.43. The van der Waals surface area contributed by atoms with Crippen molar-refractivity contribution in [3.63, 3.8) is 0 Å². The molecule has 0 amide bonds. The Bertz CT molecular complexity index is 436. The lowest BCUT2D eigenvalue weighted by Gasteiger charge is -2.18. The van der Waals surface area contributed by atoms with E-state index < -0.39 is 0 Å². The van der Waals surface area contributed by atoms with Crippen LogP contribution in [0, 0.1) is 17.8 Å². The molecule has 2 saturated carbocycles. The highest BCUT2D eigenvalue weighted by Gasteiger charge is 2.55. The van der Waals surface area contributed by atoms with Gasteiger partial charge in [0.15, 0.2) is 0 Å². The Morgan fingerprint density at radius 1 is 1.17 bits per heavy atom. The van der Waals surface area contributed by atoms with Crippen LogP contribution in [0.2, 0.25) is 0 Å². The van der Waals surface area contributed by atoms with Crippen molar-refractivity contribution in [1.82, 2.24) is 0 Å². The summed E-state index contributed by atoms with van der Waals surface area (Å²) in [6.45, 7) is 0. The van der Waals surface area contributed by atoms with Gasteiger partial charge in [-0.3, -0.25) is 0 Å². The maximum Gasteiger partial charge on any atom is 0.127 e. The summed E-state index contributed by atoms with van der Waals surface area (Å²) in [5, 5.41) is 0. The fourth-order valence-electron chi connectivity index (χ4n) is 3.71. The van der Waals surface area contributed by atoms with Crippen LogP contribution >= 0.6 is 0 Å². The molecule has 0 spiro atoms. The summed E-state index contributed by atoms with van der Waals surface area (Å²) >= 11 is 0. The fourth-order valence-corrected chi connectivity index (χ4v) is 3.71. The summed E-state index contributed by atoms with van der Waals surface area (Å²) in [5.41, 5.74) is 7.56. The summed E-state index contributed by atoms with van der Waals surface area (Å²) in [6.07, 6.45) is 4.11. The van der Waals surface area contributed by atoms with Crippen molar-refractivity contribution in [2.24, 2.45) is 23.5 Å². The molecule has 2 fully saturated rings. The van der Waals surface area contributed by atoms with Gasteiger partial charge < -0.3 is 15.2 Å². The highest BCUT2D eigenvalue weighted by Crippen LogP contribution is 2.62. The van der Waals surface area contributed by atoms with Gasteiger partial charge in [-0.2, -0.15) is 0 Å². The summed E-state index contributed by atoms with van der Waals surface area (Å²) in [5.74, 6) is 4.07. The smallest absolute Gasteiger partial charge is 0.127 e. The number of hydrogen-bond acceptors (Lipinski definition) is 3. The zero-order valence-electron chi connectivity index (χ0n) is 11.1. The van der Waals surface area contributed by atoms with Crippen LogP contribution < -0.4 is 15.2 Å². The van der Waals surface area contributed by atoms with Gasteiger partial charge in [0.1, 0.15) is 11.5 Å². The number of rotatable bonds is 4. The number of nitrogens with two attached hydrogens (primary N) is 1. The standard InChI is InChI=1S/C15H21NO2/c1-17-9-6-7-12(13(8-9)18-2)15(16)14-10-4-3-5-11(10)14/h6-8,10-11,14-15H,3-5,16H2,1-2H3. The van der Waals surface area contributed by atoms with Gasteiger partial charge in [-0.05, 0) is 36.7 Å². The molecule has 1 aromatic carbocycles. The molecule has 2 N–H and O–H groups in total. The Morgan fingerprint density at radius 2 is 1.89 bits per heavy atom. The number of methoxy groups -OCH3 is 2. The molecule has 0 aromatic heterocycles. The Labute approximate surface area is 108 Å². The Morgan fingerprint density at radius 3 is 2.50 bits per heavy atom. The first kappa shape index (κ1) is 11.8. The van der Waals surface area contributed by atoms with E-state index in [1.54, 1.807) is 14.2 Å². The predicted octanol–water partition coefficient (Wildman–Crippen LogP) is 2.75. The average molecular weight is 247 g/mol. The second-order valence-electron chi connectivity index (χ2n) is 5.47. The zero-order chi connectivity index (χ0) is 12.7. The molecule has 0 radical (unpaired) electrons. The molecule has 0 bridgehead atoms. The molecule has 0 aliphatic heterocycles. The van der Waals surface area contributed by atoms with Gasteiger partial charge in [0.05, 0.1) is 14.2 Å². The maximum absolute atomic E-state index is 6.44. The zero-order valence-corrected chi connectivity index (χ0v) is 11.1. The van der Waals surface area contributed by atoms with Crippen LogP contribution in [-0.2, 0) is 0 Å². The normalized spacial score (nSPS) is 30.7. The third-order valence-corrected chi connectivity index (χ3v) is 4.69. The Balaban J connectivity index is 1.83. The van der Waals surface area contributed by atoms with Gasteiger partial charge in [0.2, 0.25) is 0 Å². The van der Waals surface area contributed by atoms with E-state index in [2.05, 4.69) is 6.07 Å². The lowest BCUT2D eigenvalue weighted by molar-refractivity contribution is 0.383. The molecule has 3 nitrogen and oxygen atoms in total. The minimum absolute atomic E-state index is 0.112. The number of hydrogen-bond donors (Lipinski definition) is 1. The van der Waals surface area contributed by atoms with Crippen LogP contribution in [0.5, 0.6) is 11.5 Å². The highest BCUT2D eigenvalue weighted by atomic mass is 16.5. The van der Waals surface area contributed by atoms with Gasteiger partial charge in [-0.25, -0.2) is 0 Å². The van der Waals surface area contributed by atoms with Crippen LogP contribution in [0.3, 0.4) is 0 Å². The second kappa shape index (κ2) is 4.47. The molecule has 3 heteroatoms. The van der Waals surface area contributed by atoms with E-state index >= 15 is 0 Å². The van der Waals surface area contributed by atoms with E-state index in [-0.39, 0.29) is 6.04 Å².